The van der Waals surface area contributed by atoms with E-state index in [1.54, 1.807) is 6.20 Å². The highest BCUT2D eigenvalue weighted by Gasteiger charge is 1.92. The lowest BCUT2D eigenvalue weighted by molar-refractivity contribution is 0.964. The Labute approximate surface area is 71.5 Å². The van der Waals surface area contributed by atoms with Crippen molar-refractivity contribution in [3.8, 4) is 0 Å². The lowest BCUT2D eigenvalue weighted by Gasteiger charge is -1.99. The summed E-state index contributed by atoms with van der Waals surface area (Å²) in [7, 11) is 0. The highest BCUT2D eigenvalue weighted by Crippen LogP contribution is 2.00. The van der Waals surface area contributed by atoms with Gasteiger partial charge in [0.2, 0.25) is 0 Å². The van der Waals surface area contributed by atoms with Gasteiger partial charge in [-0.25, -0.2) is 0 Å². The zero-order valence-electron chi connectivity index (χ0n) is 6.59. The largest absolute Gasteiger partial charge is 0.343 e. The van der Waals surface area contributed by atoms with Crippen LogP contribution in [0.1, 0.15) is 5.69 Å². The van der Waals surface area contributed by atoms with Crippen LogP contribution in [0.25, 0.3) is 0 Å². The van der Waals surface area contributed by atoms with E-state index in [1.807, 2.05) is 53.8 Å². The van der Waals surface area contributed by atoms with E-state index in [1.165, 1.54) is 0 Å². The molecule has 0 atom stereocenters. The highest BCUT2D eigenvalue weighted by atomic mass is 14.9. The van der Waals surface area contributed by atoms with Gasteiger partial charge in [0.05, 0.1) is 5.69 Å². The van der Waals surface area contributed by atoms with Gasteiger partial charge in [0.1, 0.15) is 6.54 Å². The molecule has 0 N–H and O–H groups in total. The Morgan fingerprint density at radius 3 is 2.58 bits per heavy atom. The Balaban J connectivity index is 2.15. The first-order valence-corrected chi connectivity index (χ1v) is 3.83. The smallest absolute Gasteiger partial charge is 0.101 e. The molecule has 0 aliphatic carbocycles. The number of rotatable bonds is 2. The molecule has 0 saturated heterocycles. The van der Waals surface area contributed by atoms with E-state index in [0.29, 0.717) is 0 Å². The van der Waals surface area contributed by atoms with Crippen LogP contribution in [0, 0.1) is 6.54 Å². The van der Waals surface area contributed by atoms with Crippen molar-refractivity contribution in [3.63, 3.8) is 0 Å². The van der Waals surface area contributed by atoms with Crippen LogP contribution in [0.5, 0.6) is 0 Å². The molecule has 2 heteroatoms. The predicted molar refractivity (Wildman–Crippen MR) is 47.5 cm³/mol. The first kappa shape index (κ1) is 7.10. The van der Waals surface area contributed by atoms with Gasteiger partial charge in [0, 0.05) is 18.6 Å². The molecule has 12 heavy (non-hydrogen) atoms. The molecular weight excluding hydrogens is 148 g/mol. The van der Waals surface area contributed by atoms with E-state index in [2.05, 4.69) is 4.98 Å². The average Bonchev–Trinajstić information content (AvgIpc) is 2.59. The number of aromatic nitrogens is 2. The van der Waals surface area contributed by atoms with Crippen molar-refractivity contribution in [2.45, 2.75) is 0 Å². The van der Waals surface area contributed by atoms with Crippen molar-refractivity contribution >= 4 is 0 Å². The van der Waals surface area contributed by atoms with E-state index in [4.69, 9.17) is 0 Å². The molecule has 0 bridgehead atoms. The highest BCUT2D eigenvalue weighted by molar-refractivity contribution is 5.14. The van der Waals surface area contributed by atoms with Crippen molar-refractivity contribution in [1.82, 2.24) is 9.55 Å². The van der Waals surface area contributed by atoms with Crippen LogP contribution in [0.2, 0.25) is 0 Å². The summed E-state index contributed by atoms with van der Waals surface area (Å²) in [4.78, 5) is 4.18. The summed E-state index contributed by atoms with van der Waals surface area (Å²) in [6.07, 6.45) is 5.75. The van der Waals surface area contributed by atoms with Gasteiger partial charge in [-0.1, -0.05) is 6.07 Å². The fraction of sp³-hybridized carbons (Fsp3) is 0. The maximum absolute atomic E-state index is 4.18. The van der Waals surface area contributed by atoms with Crippen molar-refractivity contribution in [2.24, 2.45) is 0 Å². The molecular formula is C10H9N2. The summed E-state index contributed by atoms with van der Waals surface area (Å²) >= 11 is 0. The second kappa shape index (κ2) is 3.22. The van der Waals surface area contributed by atoms with Crippen molar-refractivity contribution in [2.75, 3.05) is 0 Å². The molecule has 0 aromatic carbocycles. The molecule has 0 amide bonds. The van der Waals surface area contributed by atoms with Crippen LogP contribution in [0.3, 0.4) is 0 Å². The third-order valence-corrected chi connectivity index (χ3v) is 1.60. The van der Waals surface area contributed by atoms with Gasteiger partial charge in [-0.05, 0) is 24.3 Å². The number of hydrogen-bond acceptors (Lipinski definition) is 1. The molecule has 0 fully saturated rings. The molecule has 2 heterocycles. The number of nitrogens with zero attached hydrogens (tertiary/aromatic N) is 2. The lowest BCUT2D eigenvalue weighted by atomic mass is 10.3. The lowest BCUT2D eigenvalue weighted by Crippen LogP contribution is -1.94. The Morgan fingerprint density at radius 1 is 1.08 bits per heavy atom. The van der Waals surface area contributed by atoms with E-state index in [9.17, 15) is 0 Å². The van der Waals surface area contributed by atoms with Crippen LogP contribution in [0.15, 0.2) is 48.9 Å². The average molecular weight is 157 g/mol. The summed E-state index contributed by atoms with van der Waals surface area (Å²) in [5.74, 6) is 0. The molecule has 0 unspecified atom stereocenters. The van der Waals surface area contributed by atoms with Crippen LogP contribution in [-0.4, -0.2) is 9.55 Å². The molecule has 0 aliphatic heterocycles. The number of hydrogen-bond donors (Lipinski definition) is 0. The molecule has 59 valence electrons. The minimum Gasteiger partial charge on any atom is -0.343 e. The molecule has 2 nitrogen and oxygen atoms in total. The number of pyridine rings is 1. The fourth-order valence-electron chi connectivity index (χ4n) is 1.04. The molecule has 0 saturated carbocycles. The van der Waals surface area contributed by atoms with Crippen LogP contribution in [0.4, 0.5) is 0 Å². The Morgan fingerprint density at radius 2 is 1.92 bits per heavy atom. The van der Waals surface area contributed by atoms with Gasteiger partial charge in [-0.15, -0.1) is 0 Å². The van der Waals surface area contributed by atoms with Gasteiger partial charge in [-0.3, -0.25) is 4.98 Å². The van der Waals surface area contributed by atoms with Crippen molar-refractivity contribution < 1.29 is 0 Å². The molecule has 0 spiro atoms. The summed E-state index contributed by atoms with van der Waals surface area (Å²) < 4.78 is 1.97. The van der Waals surface area contributed by atoms with E-state index < -0.39 is 0 Å². The third kappa shape index (κ3) is 1.53. The predicted octanol–water partition coefficient (Wildman–Crippen LogP) is 1.94. The Bertz CT molecular complexity index is 324. The maximum Gasteiger partial charge on any atom is 0.101 e. The zero-order chi connectivity index (χ0) is 8.23. The first-order chi connectivity index (χ1) is 5.95. The van der Waals surface area contributed by atoms with E-state index in [-0.39, 0.29) is 0 Å². The van der Waals surface area contributed by atoms with E-state index in [0.717, 1.165) is 5.69 Å². The first-order valence-electron chi connectivity index (χ1n) is 3.83. The minimum atomic E-state index is 0.966. The monoisotopic (exact) mass is 157 g/mol. The standard InChI is InChI=1S/C10H9N2/c1-2-6-11-10(5-1)9-12-7-3-4-8-12/h1-9H. The fourth-order valence-corrected chi connectivity index (χ4v) is 1.04. The normalized spacial score (nSPS) is 10.0. The topological polar surface area (TPSA) is 17.8 Å². The van der Waals surface area contributed by atoms with Gasteiger partial charge < -0.3 is 4.57 Å². The third-order valence-electron chi connectivity index (χ3n) is 1.60. The van der Waals surface area contributed by atoms with E-state index >= 15 is 0 Å². The van der Waals surface area contributed by atoms with Gasteiger partial charge in [0.15, 0.2) is 0 Å². The summed E-state index contributed by atoms with van der Waals surface area (Å²) in [5.41, 5.74) is 0.966. The SMILES string of the molecule is [CH](c1ccccn1)n1cccc1. The molecule has 1 radical (unpaired) electrons. The summed E-state index contributed by atoms with van der Waals surface area (Å²) in [6, 6.07) is 9.83. The van der Waals surface area contributed by atoms with Crippen LogP contribution in [-0.2, 0) is 0 Å². The molecule has 0 aliphatic rings. The Hall–Kier alpha value is -1.57. The second-order valence-corrected chi connectivity index (χ2v) is 2.51. The summed E-state index contributed by atoms with van der Waals surface area (Å²) in [6.45, 7) is 1.97. The summed E-state index contributed by atoms with van der Waals surface area (Å²) in [5, 5.41) is 0. The van der Waals surface area contributed by atoms with Gasteiger partial charge in [0.25, 0.3) is 0 Å². The molecule has 2 aromatic heterocycles. The second-order valence-electron chi connectivity index (χ2n) is 2.51. The van der Waals surface area contributed by atoms with Crippen molar-refractivity contribution in [3.05, 3.63) is 61.2 Å². The van der Waals surface area contributed by atoms with Gasteiger partial charge >= 0.3 is 0 Å². The maximum atomic E-state index is 4.18. The Kier molecular flexibility index (Phi) is 1.90. The molecule has 2 rings (SSSR count). The quantitative estimate of drug-likeness (QED) is 0.651. The van der Waals surface area contributed by atoms with Crippen molar-refractivity contribution in [1.29, 1.82) is 0 Å². The van der Waals surface area contributed by atoms with Gasteiger partial charge in [-0.2, -0.15) is 0 Å². The van der Waals surface area contributed by atoms with Crippen LogP contribution < -0.4 is 0 Å². The van der Waals surface area contributed by atoms with Crippen LogP contribution >= 0.6 is 0 Å². The molecule has 2 aromatic rings. The zero-order valence-corrected chi connectivity index (χ0v) is 6.59. The minimum absolute atomic E-state index is 0.966.